The first-order chi connectivity index (χ1) is 12.4. The van der Waals surface area contributed by atoms with E-state index in [-0.39, 0.29) is 12.2 Å². The summed E-state index contributed by atoms with van der Waals surface area (Å²) in [5, 5.41) is 9.37. The number of aryl methyl sites for hydroxylation is 1. The predicted molar refractivity (Wildman–Crippen MR) is 105 cm³/mol. The van der Waals surface area contributed by atoms with Crippen LogP contribution in [0.3, 0.4) is 0 Å². The van der Waals surface area contributed by atoms with Crippen LogP contribution >= 0.6 is 11.3 Å². The summed E-state index contributed by atoms with van der Waals surface area (Å²) >= 11 is 1.41. The summed E-state index contributed by atoms with van der Waals surface area (Å²) in [7, 11) is -3.49. The van der Waals surface area contributed by atoms with E-state index in [1.165, 1.54) is 16.9 Å². The minimum atomic E-state index is -3.49. The summed E-state index contributed by atoms with van der Waals surface area (Å²) < 4.78 is 24.4. The monoisotopic (exact) mass is 392 g/mol. The third-order valence-electron chi connectivity index (χ3n) is 5.11. The third kappa shape index (κ3) is 3.58. The molecule has 4 nitrogen and oxygen atoms in total. The highest BCUT2D eigenvalue weighted by molar-refractivity contribution is 7.92. The molecule has 6 heteroatoms. The van der Waals surface area contributed by atoms with Crippen LogP contribution in [0.1, 0.15) is 49.5 Å². The van der Waals surface area contributed by atoms with E-state index in [2.05, 4.69) is 31.2 Å². The average molecular weight is 393 g/mol. The summed E-state index contributed by atoms with van der Waals surface area (Å²) in [6.45, 7) is 2.14. The van der Waals surface area contributed by atoms with E-state index in [1.54, 1.807) is 0 Å². The van der Waals surface area contributed by atoms with Gasteiger partial charge < -0.3 is 5.11 Å². The van der Waals surface area contributed by atoms with Crippen molar-refractivity contribution in [2.45, 2.75) is 50.2 Å². The van der Waals surface area contributed by atoms with Gasteiger partial charge in [0.25, 0.3) is 0 Å². The quantitative estimate of drug-likeness (QED) is 0.777. The molecule has 1 aliphatic heterocycles. The highest BCUT2D eigenvalue weighted by Gasteiger charge is 2.49. The summed E-state index contributed by atoms with van der Waals surface area (Å²) in [4.78, 5) is 13.1. The van der Waals surface area contributed by atoms with Gasteiger partial charge in [0.2, 0.25) is 0 Å². The van der Waals surface area contributed by atoms with Crippen molar-refractivity contribution in [3.8, 4) is 10.4 Å². The molecule has 2 aromatic rings. The standard InChI is InChI=1S/C20H24O4S2/c1-2-5-15-6-8-16(9-7-15)17-10-11-18(25-17)20(14-19(21)22)12-3-4-13-26(20,23)24/h6-11H,2-5,12-14H2,1H3,(H,21,22). The van der Waals surface area contributed by atoms with Gasteiger partial charge >= 0.3 is 5.97 Å². The highest BCUT2D eigenvalue weighted by atomic mass is 32.2. The molecule has 140 valence electrons. The van der Waals surface area contributed by atoms with Gasteiger partial charge in [0, 0.05) is 9.75 Å². The van der Waals surface area contributed by atoms with Gasteiger partial charge in [-0.15, -0.1) is 11.3 Å². The van der Waals surface area contributed by atoms with E-state index in [9.17, 15) is 18.3 Å². The fraction of sp³-hybridized carbons (Fsp3) is 0.450. The van der Waals surface area contributed by atoms with Crippen molar-refractivity contribution in [3.05, 3.63) is 46.8 Å². The smallest absolute Gasteiger partial charge is 0.305 e. The van der Waals surface area contributed by atoms with Crippen molar-refractivity contribution in [1.82, 2.24) is 0 Å². The zero-order chi connectivity index (χ0) is 18.8. The molecule has 0 amide bonds. The molecule has 0 radical (unpaired) electrons. The first-order valence-corrected chi connectivity index (χ1v) is 11.5. The Labute approximate surface area is 158 Å². The second-order valence-electron chi connectivity index (χ2n) is 6.95. The molecule has 3 rings (SSSR count). The van der Waals surface area contributed by atoms with Crippen molar-refractivity contribution in [2.75, 3.05) is 5.75 Å². The fourth-order valence-corrected chi connectivity index (χ4v) is 7.50. The molecule has 0 aliphatic carbocycles. The van der Waals surface area contributed by atoms with E-state index in [0.717, 1.165) is 29.7 Å². The molecule has 26 heavy (non-hydrogen) atoms. The van der Waals surface area contributed by atoms with Crippen LogP contribution in [0.2, 0.25) is 0 Å². The molecule has 1 aliphatic rings. The molecule has 1 atom stereocenters. The summed E-state index contributed by atoms with van der Waals surface area (Å²) in [5.41, 5.74) is 2.32. The molecule has 2 heterocycles. The van der Waals surface area contributed by atoms with Crippen molar-refractivity contribution in [3.63, 3.8) is 0 Å². The molecule has 0 bridgehead atoms. The molecule has 0 saturated carbocycles. The normalized spacial score (nSPS) is 22.2. The van der Waals surface area contributed by atoms with Crippen LogP contribution in [0.4, 0.5) is 0 Å². The van der Waals surface area contributed by atoms with E-state index in [0.29, 0.717) is 17.7 Å². The SMILES string of the molecule is CCCc1ccc(-c2ccc(C3(CC(=O)O)CCCCS3(=O)=O)s2)cc1. The zero-order valence-corrected chi connectivity index (χ0v) is 16.5. The number of sulfone groups is 1. The number of thiophene rings is 1. The Hall–Kier alpha value is -1.66. The van der Waals surface area contributed by atoms with E-state index in [4.69, 9.17) is 0 Å². The first-order valence-electron chi connectivity index (χ1n) is 9.02. The topological polar surface area (TPSA) is 71.4 Å². The van der Waals surface area contributed by atoms with E-state index in [1.807, 2.05) is 12.1 Å². The van der Waals surface area contributed by atoms with Gasteiger partial charge in [-0.3, -0.25) is 4.79 Å². The van der Waals surface area contributed by atoms with Crippen LogP contribution in [0, 0.1) is 0 Å². The van der Waals surface area contributed by atoms with Crippen LogP contribution in [0.5, 0.6) is 0 Å². The molecule has 0 spiro atoms. The summed E-state index contributed by atoms with van der Waals surface area (Å²) in [6.07, 6.45) is 3.52. The lowest BCUT2D eigenvalue weighted by atomic mass is 9.95. The Morgan fingerprint density at radius 2 is 1.88 bits per heavy atom. The minimum absolute atomic E-state index is 0.0687. The number of benzene rings is 1. The van der Waals surface area contributed by atoms with Gasteiger partial charge in [0.1, 0.15) is 4.75 Å². The van der Waals surface area contributed by atoms with E-state index >= 15 is 0 Å². The van der Waals surface area contributed by atoms with Gasteiger partial charge in [-0.25, -0.2) is 8.42 Å². The molecule has 1 N–H and O–H groups in total. The Balaban J connectivity index is 1.98. The number of hydrogen-bond donors (Lipinski definition) is 1. The molecule has 1 fully saturated rings. The minimum Gasteiger partial charge on any atom is -0.481 e. The van der Waals surface area contributed by atoms with Crippen LogP contribution < -0.4 is 0 Å². The molecule has 1 unspecified atom stereocenters. The van der Waals surface area contributed by atoms with Crippen molar-refractivity contribution in [1.29, 1.82) is 0 Å². The molecule has 1 saturated heterocycles. The maximum Gasteiger partial charge on any atom is 0.305 e. The lowest BCUT2D eigenvalue weighted by Crippen LogP contribution is -2.41. The first kappa shape index (κ1) is 19.1. The number of aliphatic carboxylic acids is 1. The zero-order valence-electron chi connectivity index (χ0n) is 14.9. The maximum atomic E-state index is 12.8. The lowest BCUT2D eigenvalue weighted by molar-refractivity contribution is -0.137. The Kier molecular flexibility index (Phi) is 5.53. The largest absolute Gasteiger partial charge is 0.481 e. The number of rotatable bonds is 6. The number of carbonyl (C=O) groups is 1. The maximum absolute atomic E-state index is 12.8. The fourth-order valence-electron chi connectivity index (χ4n) is 3.72. The average Bonchev–Trinajstić information content (AvgIpc) is 3.08. The van der Waals surface area contributed by atoms with Crippen molar-refractivity contribution < 1.29 is 18.3 Å². The number of hydrogen-bond acceptors (Lipinski definition) is 4. The van der Waals surface area contributed by atoms with Gasteiger partial charge in [-0.2, -0.15) is 0 Å². The van der Waals surface area contributed by atoms with Gasteiger partial charge in [-0.1, -0.05) is 44.0 Å². The van der Waals surface area contributed by atoms with Gasteiger partial charge in [0.15, 0.2) is 9.84 Å². The highest BCUT2D eigenvalue weighted by Crippen LogP contribution is 2.47. The Morgan fingerprint density at radius 3 is 2.50 bits per heavy atom. The summed E-state index contributed by atoms with van der Waals surface area (Å²) in [5.74, 6) is -0.992. The van der Waals surface area contributed by atoms with Gasteiger partial charge in [0.05, 0.1) is 12.2 Å². The second kappa shape index (κ2) is 7.53. The molecule has 1 aromatic heterocycles. The molecule has 1 aromatic carbocycles. The third-order valence-corrected chi connectivity index (χ3v) is 9.16. The summed E-state index contributed by atoms with van der Waals surface area (Å²) in [6, 6.07) is 12.0. The van der Waals surface area contributed by atoms with Crippen molar-refractivity contribution in [2.24, 2.45) is 0 Å². The van der Waals surface area contributed by atoms with Crippen LogP contribution in [0.25, 0.3) is 10.4 Å². The van der Waals surface area contributed by atoms with Crippen molar-refractivity contribution >= 4 is 27.1 Å². The second-order valence-corrected chi connectivity index (χ2v) is 10.5. The van der Waals surface area contributed by atoms with E-state index < -0.39 is 20.6 Å². The van der Waals surface area contributed by atoms with Crippen LogP contribution in [0.15, 0.2) is 36.4 Å². The van der Waals surface area contributed by atoms with Crippen LogP contribution in [-0.2, 0) is 25.8 Å². The van der Waals surface area contributed by atoms with Gasteiger partial charge in [-0.05, 0) is 42.5 Å². The predicted octanol–water partition coefficient (Wildman–Crippen LogP) is 4.64. The van der Waals surface area contributed by atoms with Crippen LogP contribution in [-0.4, -0.2) is 25.2 Å². The number of carboxylic acids is 1. The number of carboxylic acid groups (broad SMARTS) is 1. The molecular formula is C20H24O4S2. The Bertz CT molecular complexity index is 881. The lowest BCUT2D eigenvalue weighted by Gasteiger charge is -2.34. The Morgan fingerprint density at radius 1 is 1.15 bits per heavy atom. The molecular weight excluding hydrogens is 368 g/mol.